The van der Waals surface area contributed by atoms with Gasteiger partial charge >= 0.3 is 0 Å². The number of nitrogens with one attached hydrogen (secondary N) is 2. The number of anilines is 3. The highest BCUT2D eigenvalue weighted by Crippen LogP contribution is 2.27. The number of benzene rings is 4. The van der Waals surface area contributed by atoms with Gasteiger partial charge in [0.2, 0.25) is 5.91 Å². The van der Waals surface area contributed by atoms with Gasteiger partial charge < -0.3 is 5.32 Å². The molecule has 0 unspecified atom stereocenters. The molecule has 4 aromatic carbocycles. The molecule has 1 amide bonds. The van der Waals surface area contributed by atoms with Gasteiger partial charge in [0.1, 0.15) is 6.54 Å². The zero-order chi connectivity index (χ0) is 29.8. The van der Waals surface area contributed by atoms with Gasteiger partial charge in [-0.25, -0.2) is 16.8 Å². The third kappa shape index (κ3) is 7.08. The molecule has 214 valence electrons. The summed E-state index contributed by atoms with van der Waals surface area (Å²) in [5.74, 6) is -0.344. The molecular weight excluding hydrogens is 582 g/mol. The predicted molar refractivity (Wildman–Crippen MR) is 164 cm³/mol. The van der Waals surface area contributed by atoms with Gasteiger partial charge in [-0.2, -0.15) is 0 Å². The highest BCUT2D eigenvalue weighted by atomic mass is 35.5. The van der Waals surface area contributed by atoms with E-state index in [1.54, 1.807) is 55.5 Å². The zero-order valence-electron chi connectivity index (χ0n) is 22.7. The number of halogens is 1. The second-order valence-electron chi connectivity index (χ2n) is 9.66. The number of hydrogen-bond donors (Lipinski definition) is 2. The number of hydrogen-bond acceptors (Lipinski definition) is 5. The first-order chi connectivity index (χ1) is 19.4. The van der Waals surface area contributed by atoms with E-state index in [-0.39, 0.29) is 15.7 Å². The smallest absolute Gasteiger partial charge is 0.264 e. The van der Waals surface area contributed by atoms with Crippen molar-refractivity contribution in [2.75, 3.05) is 20.9 Å². The number of nitrogens with zero attached hydrogens (tertiary/aromatic N) is 1. The quantitative estimate of drug-likeness (QED) is 0.215. The lowest BCUT2D eigenvalue weighted by molar-refractivity contribution is -0.114. The Morgan fingerprint density at radius 1 is 0.805 bits per heavy atom. The van der Waals surface area contributed by atoms with Crippen molar-refractivity contribution in [3.05, 3.63) is 113 Å². The maximum Gasteiger partial charge on any atom is 0.264 e. The molecule has 2 N–H and O–H groups in total. The molecule has 0 saturated carbocycles. The third-order valence-corrected chi connectivity index (χ3v) is 10.0. The Labute approximate surface area is 246 Å². The third-order valence-electron chi connectivity index (χ3n) is 6.43. The molecular formula is C30H30ClN3O5S2. The molecule has 0 radical (unpaired) electrons. The Kier molecular flexibility index (Phi) is 9.06. The van der Waals surface area contributed by atoms with Crippen molar-refractivity contribution >= 4 is 54.6 Å². The minimum absolute atomic E-state index is 0.0200. The van der Waals surface area contributed by atoms with Crippen LogP contribution in [0.1, 0.15) is 30.9 Å². The van der Waals surface area contributed by atoms with Crippen molar-refractivity contribution in [1.29, 1.82) is 0 Å². The van der Waals surface area contributed by atoms with Crippen LogP contribution in [-0.4, -0.2) is 29.3 Å². The summed E-state index contributed by atoms with van der Waals surface area (Å²) < 4.78 is 56.5. The maximum absolute atomic E-state index is 13.6. The SMILES string of the molecule is Cc1c(Cl)cccc1NS(=O)(=O)c1ccc(NC(=O)CN(c2ccc(C(C)C)cc2)S(=O)(=O)c2ccccc2)cc1. The lowest BCUT2D eigenvalue weighted by Crippen LogP contribution is -2.38. The molecule has 4 aromatic rings. The normalized spacial score (nSPS) is 11.7. The van der Waals surface area contributed by atoms with E-state index in [0.29, 0.717) is 27.6 Å². The minimum atomic E-state index is -4.06. The number of amides is 1. The predicted octanol–water partition coefficient (Wildman–Crippen LogP) is 6.41. The molecule has 0 aliphatic carbocycles. The maximum atomic E-state index is 13.6. The van der Waals surface area contributed by atoms with Crippen molar-refractivity contribution in [3.63, 3.8) is 0 Å². The van der Waals surface area contributed by atoms with Gasteiger partial charge in [0.05, 0.1) is 21.2 Å². The molecule has 0 heterocycles. The summed E-state index contributed by atoms with van der Waals surface area (Å²) in [7, 11) is -7.98. The summed E-state index contributed by atoms with van der Waals surface area (Å²) in [5.41, 5.74) is 2.63. The molecule has 0 aliphatic rings. The Morgan fingerprint density at radius 2 is 1.44 bits per heavy atom. The Morgan fingerprint density at radius 3 is 2.05 bits per heavy atom. The first-order valence-corrected chi connectivity index (χ1v) is 16.0. The standard InChI is InChI=1S/C30H30ClN3O5S2/c1-21(2)23-12-16-25(17-13-23)34(41(38,39)27-8-5-4-6-9-27)20-30(35)32-24-14-18-26(19-15-24)40(36,37)33-29-11-7-10-28(31)22(29)3/h4-19,21,33H,20H2,1-3H3,(H,32,35). The van der Waals surface area contributed by atoms with E-state index >= 15 is 0 Å². The fraction of sp³-hybridized carbons (Fsp3) is 0.167. The highest BCUT2D eigenvalue weighted by Gasteiger charge is 2.27. The topological polar surface area (TPSA) is 113 Å². The molecule has 0 bridgehead atoms. The van der Waals surface area contributed by atoms with Gasteiger partial charge in [0, 0.05) is 10.7 Å². The average molecular weight is 612 g/mol. The summed E-state index contributed by atoms with van der Waals surface area (Å²) in [6.07, 6.45) is 0. The Bertz CT molecular complexity index is 1740. The lowest BCUT2D eigenvalue weighted by atomic mass is 10.0. The van der Waals surface area contributed by atoms with Crippen LogP contribution in [0.2, 0.25) is 5.02 Å². The molecule has 0 atom stereocenters. The fourth-order valence-electron chi connectivity index (χ4n) is 4.03. The molecule has 0 spiro atoms. The van der Waals surface area contributed by atoms with Crippen molar-refractivity contribution in [2.24, 2.45) is 0 Å². The molecule has 8 nitrogen and oxygen atoms in total. The summed E-state index contributed by atoms with van der Waals surface area (Å²) >= 11 is 6.10. The second kappa shape index (κ2) is 12.3. The van der Waals surface area contributed by atoms with Gasteiger partial charge in [-0.3, -0.25) is 13.8 Å². The summed E-state index contributed by atoms with van der Waals surface area (Å²) in [6, 6.07) is 25.4. The Balaban J connectivity index is 1.54. The average Bonchev–Trinajstić information content (AvgIpc) is 2.95. The van der Waals surface area contributed by atoms with E-state index in [0.717, 1.165) is 9.87 Å². The molecule has 11 heteroatoms. The molecule has 0 aliphatic heterocycles. The first kappa shape index (κ1) is 30.1. The molecule has 41 heavy (non-hydrogen) atoms. The van der Waals surface area contributed by atoms with Gasteiger partial charge in [-0.05, 0) is 84.6 Å². The largest absolute Gasteiger partial charge is 0.325 e. The van der Waals surface area contributed by atoms with Crippen molar-refractivity contribution in [3.8, 4) is 0 Å². The van der Waals surface area contributed by atoms with E-state index in [4.69, 9.17) is 11.6 Å². The molecule has 0 saturated heterocycles. The summed E-state index contributed by atoms with van der Waals surface area (Å²) in [5, 5.41) is 3.10. The first-order valence-electron chi connectivity index (χ1n) is 12.7. The van der Waals surface area contributed by atoms with Crippen LogP contribution in [0.3, 0.4) is 0 Å². The van der Waals surface area contributed by atoms with E-state index in [1.165, 1.54) is 36.4 Å². The van der Waals surface area contributed by atoms with Crippen molar-refractivity contribution in [2.45, 2.75) is 36.5 Å². The van der Waals surface area contributed by atoms with Crippen molar-refractivity contribution < 1.29 is 21.6 Å². The van der Waals surface area contributed by atoms with Gasteiger partial charge in [0.25, 0.3) is 20.0 Å². The van der Waals surface area contributed by atoms with Gasteiger partial charge in [-0.15, -0.1) is 0 Å². The van der Waals surface area contributed by atoms with Crippen LogP contribution < -0.4 is 14.3 Å². The monoisotopic (exact) mass is 611 g/mol. The van der Waals surface area contributed by atoms with Crippen LogP contribution in [0.5, 0.6) is 0 Å². The van der Waals surface area contributed by atoms with Crippen LogP contribution in [0, 0.1) is 6.92 Å². The summed E-state index contributed by atoms with van der Waals surface area (Å²) in [4.78, 5) is 13.1. The lowest BCUT2D eigenvalue weighted by Gasteiger charge is -2.24. The number of sulfonamides is 2. The van der Waals surface area contributed by atoms with E-state index in [1.807, 2.05) is 26.0 Å². The summed E-state index contributed by atoms with van der Waals surface area (Å²) in [6.45, 7) is 5.28. The molecule has 4 rings (SSSR count). The van der Waals surface area contributed by atoms with E-state index < -0.39 is 32.5 Å². The van der Waals surface area contributed by atoms with Crippen LogP contribution in [0.15, 0.2) is 107 Å². The van der Waals surface area contributed by atoms with Crippen molar-refractivity contribution in [1.82, 2.24) is 0 Å². The molecule has 0 fully saturated rings. The molecule has 0 aromatic heterocycles. The minimum Gasteiger partial charge on any atom is -0.325 e. The Hall–Kier alpha value is -3.86. The van der Waals surface area contributed by atoms with Crippen LogP contribution in [0.25, 0.3) is 0 Å². The van der Waals surface area contributed by atoms with Gasteiger partial charge in [0.15, 0.2) is 0 Å². The fourth-order valence-corrected chi connectivity index (χ4v) is 6.77. The van der Waals surface area contributed by atoms with Crippen LogP contribution >= 0.6 is 11.6 Å². The van der Waals surface area contributed by atoms with Crippen LogP contribution in [0.4, 0.5) is 17.1 Å². The zero-order valence-corrected chi connectivity index (χ0v) is 25.1. The number of carbonyl (C=O) groups excluding carboxylic acids is 1. The number of carbonyl (C=O) groups is 1. The van der Waals surface area contributed by atoms with Gasteiger partial charge in [-0.1, -0.05) is 61.8 Å². The van der Waals surface area contributed by atoms with Crippen LogP contribution in [-0.2, 0) is 24.8 Å². The second-order valence-corrected chi connectivity index (χ2v) is 13.6. The van der Waals surface area contributed by atoms with E-state index in [2.05, 4.69) is 10.0 Å². The highest BCUT2D eigenvalue weighted by molar-refractivity contribution is 7.93. The number of rotatable bonds is 10. The van der Waals surface area contributed by atoms with E-state index in [9.17, 15) is 21.6 Å².